The van der Waals surface area contributed by atoms with Gasteiger partial charge in [-0.3, -0.25) is 4.31 Å². The number of nitrogens with one attached hydrogen (secondary N) is 2. The molecule has 0 saturated carbocycles. The number of nitrogens with zero attached hydrogens (tertiary/aromatic N) is 2. The predicted octanol–water partition coefficient (Wildman–Crippen LogP) is 5.38. The number of alkyl halides is 15. The molecule has 0 fully saturated rings. The van der Waals surface area contributed by atoms with Crippen LogP contribution >= 0.6 is 23.5 Å². The highest BCUT2D eigenvalue weighted by atomic mass is 31.3. The van der Waals surface area contributed by atoms with Crippen molar-refractivity contribution in [3.8, 4) is 0 Å². The molecule has 0 aromatic carbocycles. The molecular weight excluding hydrogens is 810 g/mol. The first kappa shape index (κ1) is 47.8. The molecule has 2 N–H and O–H groups in total. The van der Waals surface area contributed by atoms with E-state index in [9.17, 15) is 89.3 Å². The Bertz CT molecular complexity index is 1450. The van der Waals surface area contributed by atoms with Crippen LogP contribution in [0.5, 0.6) is 0 Å². The van der Waals surface area contributed by atoms with Crippen LogP contribution in [-0.2, 0) is 62.8 Å². The number of rotatable bonds is 12. The normalized spacial score (nSPS) is 15.1. The number of phosphoric acid groups is 3. The quantitative estimate of drug-likeness (QED) is 0.160. The topological polar surface area (TPSA) is 183 Å². The first-order valence-corrected chi connectivity index (χ1v) is 16.5. The molecule has 2 aromatic rings. The monoisotopic (exact) mass is 832 g/mol. The van der Waals surface area contributed by atoms with Gasteiger partial charge in [-0.1, -0.05) is 13.8 Å². The van der Waals surface area contributed by atoms with E-state index in [1.165, 1.54) is 11.6 Å². The fraction of sp³-hybridized carbons (Fsp3) is 0.667. The third-order valence-corrected chi connectivity index (χ3v) is 9.25. The van der Waals surface area contributed by atoms with Crippen molar-refractivity contribution in [1.29, 1.82) is 0 Å². The number of hydrogen-bond donors (Lipinski definition) is 2. The van der Waals surface area contributed by atoms with Gasteiger partial charge in [-0.15, -0.1) is 0 Å². The minimum atomic E-state index is -8.55. The van der Waals surface area contributed by atoms with Gasteiger partial charge in [-0.25, -0.2) is 41.8 Å². The van der Waals surface area contributed by atoms with Crippen molar-refractivity contribution in [1.82, 2.24) is 9.97 Å². The highest BCUT2D eigenvalue weighted by Crippen LogP contribution is 2.74. The Kier molecular flexibility index (Phi) is 15.9. The Morgan fingerprint density at radius 2 is 0.860 bits per heavy atom. The summed E-state index contributed by atoms with van der Waals surface area (Å²) in [4.78, 5) is 26.9. The Morgan fingerprint density at radius 3 is 1.04 bits per heavy atom. The van der Waals surface area contributed by atoms with Gasteiger partial charge >= 0.3 is 52.5 Å². The zero-order chi connectivity index (χ0) is 40.0. The Hall–Kier alpha value is -2.22. The van der Waals surface area contributed by atoms with Crippen molar-refractivity contribution in [3.63, 3.8) is 0 Å². The molecule has 2 rings (SSSR count). The van der Waals surface area contributed by atoms with E-state index in [0.29, 0.717) is 0 Å². The smallest absolute Gasteiger partial charge is 0.493 e. The molecule has 1 atom stereocenters. The van der Waals surface area contributed by atoms with E-state index in [0.717, 1.165) is 12.8 Å². The summed E-state index contributed by atoms with van der Waals surface area (Å²) < 4.78 is 234. The third-order valence-electron chi connectivity index (χ3n) is 4.69. The first-order valence-electron chi connectivity index (χ1n) is 12.1. The lowest BCUT2D eigenvalue weighted by Crippen LogP contribution is -2.42. The van der Waals surface area contributed by atoms with Crippen LogP contribution in [0.1, 0.15) is 25.5 Å². The maximum Gasteiger partial charge on any atom is 0.493 e. The first-order chi connectivity index (χ1) is 22.0. The molecule has 0 saturated heterocycles. The second-order valence-electron chi connectivity index (χ2n) is 8.56. The molecule has 32 heteroatoms. The van der Waals surface area contributed by atoms with Crippen LogP contribution in [0.25, 0.3) is 0 Å². The van der Waals surface area contributed by atoms with Gasteiger partial charge in [0.15, 0.2) is 0 Å². The molecule has 0 bridgehead atoms. The summed E-state index contributed by atoms with van der Waals surface area (Å²) in [6.45, 7) is 4.26. The van der Waals surface area contributed by atoms with Gasteiger partial charge in [0, 0.05) is 12.8 Å². The lowest BCUT2D eigenvalue weighted by Gasteiger charge is -2.35. The van der Waals surface area contributed by atoms with Gasteiger partial charge in [0.2, 0.25) is 0 Å². The molecule has 0 radical (unpaired) electrons. The fourth-order valence-corrected chi connectivity index (χ4v) is 6.57. The third kappa shape index (κ3) is 14.8. The molecule has 0 aliphatic rings. The zero-order valence-corrected chi connectivity index (χ0v) is 27.4. The van der Waals surface area contributed by atoms with Gasteiger partial charge in [-0.2, -0.15) is 70.2 Å². The van der Waals surface area contributed by atoms with E-state index >= 15 is 0 Å². The van der Waals surface area contributed by atoms with Crippen molar-refractivity contribution in [2.75, 3.05) is 0 Å². The average molecular weight is 832 g/mol. The maximum absolute atomic E-state index is 12.9. The molecule has 1 unspecified atom stereocenters. The molecule has 2 aromatic heterocycles. The summed E-state index contributed by atoms with van der Waals surface area (Å²) in [7, 11) is -20.2. The summed E-state index contributed by atoms with van der Waals surface area (Å²) in [6, 6.07) is 0. The van der Waals surface area contributed by atoms with Crippen molar-refractivity contribution >= 4 is 23.5 Å². The van der Waals surface area contributed by atoms with Gasteiger partial charge in [0.05, 0.1) is 21.9 Å². The van der Waals surface area contributed by atoms with Gasteiger partial charge in [0.25, 0.3) is 11.6 Å². The number of aromatic amines is 2. The zero-order valence-electron chi connectivity index (χ0n) is 24.7. The maximum atomic E-state index is 12.9. The second-order valence-corrected chi connectivity index (χ2v) is 13.1. The highest BCUT2D eigenvalue weighted by Gasteiger charge is 2.71. The van der Waals surface area contributed by atoms with Crippen LogP contribution < -0.4 is 18.9 Å². The molecule has 14 nitrogen and oxygen atoms in total. The summed E-state index contributed by atoms with van der Waals surface area (Å²) in [6.07, 6.45) is -33.6. The van der Waals surface area contributed by atoms with Crippen LogP contribution in [-0.4, -0.2) is 46.8 Å². The van der Waals surface area contributed by atoms with Crippen LogP contribution in [0.2, 0.25) is 0 Å². The highest BCUT2D eigenvalue weighted by molar-refractivity contribution is 7.66. The van der Waals surface area contributed by atoms with Gasteiger partial charge in [0.1, 0.15) is 24.8 Å². The molecule has 50 heavy (non-hydrogen) atoms. The van der Waals surface area contributed by atoms with Crippen molar-refractivity contribution in [3.05, 3.63) is 36.4 Å². The van der Waals surface area contributed by atoms with E-state index < -0.39 is 60.3 Å². The van der Waals surface area contributed by atoms with Crippen molar-refractivity contribution in [2.45, 2.75) is 63.5 Å². The van der Waals surface area contributed by atoms with Gasteiger partial charge in [-0.05, 0) is 0 Å². The van der Waals surface area contributed by atoms with Crippen molar-refractivity contribution in [2.24, 2.45) is 14.1 Å². The van der Waals surface area contributed by atoms with Crippen LogP contribution in [0.15, 0.2) is 24.8 Å². The average Bonchev–Trinajstić information content (AvgIpc) is 3.46. The number of aromatic nitrogens is 4. The van der Waals surface area contributed by atoms with Crippen LogP contribution in [0, 0.1) is 0 Å². The van der Waals surface area contributed by atoms with E-state index in [2.05, 4.69) is 41.6 Å². The second kappa shape index (κ2) is 16.6. The Balaban J connectivity index is 0.00000120. The molecule has 0 amide bonds. The fourth-order valence-electron chi connectivity index (χ4n) is 2.50. The van der Waals surface area contributed by atoms with Gasteiger partial charge < -0.3 is 14.4 Å². The largest absolute Gasteiger partial charge is 0.789 e. The summed E-state index contributed by atoms with van der Waals surface area (Å²) >= 11 is 0. The number of halogens is 15. The molecular formula is C18H22F15N4O10P3. The van der Waals surface area contributed by atoms with E-state index in [1.807, 2.05) is 52.5 Å². The predicted molar refractivity (Wildman–Crippen MR) is 124 cm³/mol. The summed E-state index contributed by atoms with van der Waals surface area (Å²) in [5.41, 5.74) is 0. The Morgan fingerprint density at radius 1 is 0.580 bits per heavy atom. The molecule has 0 aliphatic carbocycles. The van der Waals surface area contributed by atoms with Crippen LogP contribution in [0.3, 0.4) is 0 Å². The van der Waals surface area contributed by atoms with E-state index in [4.69, 9.17) is 0 Å². The number of phosphoric ester groups is 1. The molecule has 0 aliphatic heterocycles. The Labute approximate surface area is 268 Å². The minimum absolute atomic E-state index is 1.07. The number of imidazole rings is 2. The lowest BCUT2D eigenvalue weighted by molar-refractivity contribution is -0.677. The molecule has 294 valence electrons. The number of hydrogen-bond acceptors (Lipinski definition) is 10. The molecule has 0 spiro atoms. The number of H-pyrrole nitrogens is 2. The summed E-state index contributed by atoms with van der Waals surface area (Å²) in [5.74, 6) is 2.54. The van der Waals surface area contributed by atoms with E-state index in [-0.39, 0.29) is 0 Å². The lowest BCUT2D eigenvalue weighted by atomic mass is 10.5. The minimum Gasteiger partial charge on any atom is -0.789 e. The van der Waals surface area contributed by atoms with Crippen molar-refractivity contribution < 1.29 is 121 Å². The standard InChI is InChI=1S/C6H2F15O10P3.2C6H10N2/c7-1(8,9)4(16,17)27-33(25,28-5(18,19)2(10,11)12)31-34(26,30-32(22,23)24)29-6(20,21)3(13,14)15;2*1-3-6-7-4-5-8(6)2/h(H2,22,23,24);2*4-5H,3H2,1-2H3. The molecule has 2 heterocycles. The SMILES string of the molecule is CCc1[nH]cc[n+]1C.CCc1[nH]cc[n+]1C.O=P([O-])([O-])OP(=O)(OC(F)(F)C(F)(F)F)OP(=O)(OC(F)(F)C(F)(F)F)OC(F)(F)C(F)(F)F. The van der Waals surface area contributed by atoms with Crippen LogP contribution in [0.4, 0.5) is 65.9 Å². The summed E-state index contributed by atoms with van der Waals surface area (Å²) in [5, 5.41) is 0. The number of aryl methyl sites for hydroxylation is 4. The van der Waals surface area contributed by atoms with E-state index in [1.54, 1.807) is 0 Å².